The largest absolute Gasteiger partial charge is 0.476 e. The third-order valence-corrected chi connectivity index (χ3v) is 4.33. The fraction of sp³-hybridized carbons (Fsp3) is 0.643. The molecule has 4 atom stereocenters. The highest BCUT2D eigenvalue weighted by atomic mass is 19.1. The van der Waals surface area contributed by atoms with E-state index in [1.165, 1.54) is 17.8 Å². The molecule has 25 heavy (non-hydrogen) atoms. The summed E-state index contributed by atoms with van der Waals surface area (Å²) in [5, 5.41) is 30.5. The first-order valence-corrected chi connectivity index (χ1v) is 7.68. The number of anilines is 1. The quantitative estimate of drug-likeness (QED) is 0.536. The van der Waals surface area contributed by atoms with Crippen molar-refractivity contribution in [2.45, 2.75) is 37.4 Å². The molecule has 1 fully saturated rings. The van der Waals surface area contributed by atoms with Gasteiger partial charge in [0.25, 0.3) is 0 Å². The zero-order valence-electron chi connectivity index (χ0n) is 13.8. The molecule has 3 rings (SSSR count). The lowest BCUT2D eigenvalue weighted by atomic mass is 9.88. The van der Waals surface area contributed by atoms with Crippen LogP contribution in [0.3, 0.4) is 0 Å². The molecule has 0 saturated carbocycles. The van der Waals surface area contributed by atoms with Crippen LogP contribution < -0.4 is 10.5 Å². The second-order valence-corrected chi connectivity index (χ2v) is 6.10. The Morgan fingerprint density at radius 1 is 1.48 bits per heavy atom. The normalized spacial score (nSPS) is 32.4. The average molecular weight is 357 g/mol. The molecule has 2 aromatic rings. The Bertz CT molecular complexity index is 778. The van der Waals surface area contributed by atoms with Crippen molar-refractivity contribution >= 4 is 17.1 Å². The number of fused-ring (bicyclic) bond motifs is 1. The maximum absolute atomic E-state index is 13.5. The molecule has 0 aliphatic carbocycles. The van der Waals surface area contributed by atoms with E-state index in [2.05, 4.69) is 15.0 Å². The molecule has 1 aliphatic rings. The number of aromatic nitrogens is 4. The highest BCUT2D eigenvalue weighted by Crippen LogP contribution is 2.45. The maximum atomic E-state index is 13.5. The van der Waals surface area contributed by atoms with E-state index in [-0.39, 0.29) is 23.0 Å². The van der Waals surface area contributed by atoms with E-state index in [9.17, 15) is 19.7 Å². The number of aliphatic hydroxyl groups is 3. The molecule has 0 radical (unpaired) electrons. The van der Waals surface area contributed by atoms with Crippen molar-refractivity contribution in [1.29, 1.82) is 0 Å². The fourth-order valence-electron chi connectivity index (χ4n) is 3.00. The fourth-order valence-corrected chi connectivity index (χ4v) is 3.00. The van der Waals surface area contributed by atoms with Gasteiger partial charge in [-0.15, -0.1) is 0 Å². The maximum Gasteiger partial charge on any atom is 0.247 e. The molecule has 0 aromatic carbocycles. The van der Waals surface area contributed by atoms with Crippen LogP contribution in [-0.2, 0) is 4.74 Å². The number of alkyl halides is 1. The molecular weight excluding hydrogens is 337 g/mol. The van der Waals surface area contributed by atoms with Gasteiger partial charge >= 0.3 is 0 Å². The number of aliphatic hydroxyl groups excluding tert-OH is 2. The van der Waals surface area contributed by atoms with Crippen LogP contribution in [0.1, 0.15) is 20.1 Å². The van der Waals surface area contributed by atoms with Crippen molar-refractivity contribution in [2.75, 3.05) is 25.6 Å². The minimum Gasteiger partial charge on any atom is -0.476 e. The molecule has 5 N–H and O–H groups in total. The van der Waals surface area contributed by atoms with Gasteiger partial charge in [0.05, 0.1) is 19.5 Å². The molecule has 138 valence electrons. The Morgan fingerprint density at radius 3 is 2.76 bits per heavy atom. The summed E-state index contributed by atoms with van der Waals surface area (Å²) in [4.78, 5) is 12.2. The average Bonchev–Trinajstić information content (AvgIpc) is 3.07. The van der Waals surface area contributed by atoms with Gasteiger partial charge in [-0.05, 0) is 13.8 Å². The van der Waals surface area contributed by atoms with Crippen LogP contribution in [-0.4, -0.2) is 72.0 Å². The number of ether oxygens (including phenoxy) is 2. The predicted octanol–water partition coefficient (Wildman–Crippen LogP) is -0.852. The minimum atomic E-state index is -1.95. The predicted molar refractivity (Wildman–Crippen MR) is 83.4 cm³/mol. The molecule has 0 spiro atoms. The van der Waals surface area contributed by atoms with Crippen LogP contribution in [0.25, 0.3) is 11.2 Å². The number of imidazole rings is 1. The number of hydrogen-bond donors (Lipinski definition) is 4. The van der Waals surface area contributed by atoms with Crippen LogP contribution in [0.2, 0.25) is 0 Å². The first kappa shape index (κ1) is 17.7. The molecule has 11 heteroatoms. The molecule has 2 aromatic heterocycles. The van der Waals surface area contributed by atoms with Gasteiger partial charge in [0.15, 0.2) is 23.0 Å². The van der Waals surface area contributed by atoms with E-state index < -0.39 is 36.8 Å². The Morgan fingerprint density at radius 2 is 2.20 bits per heavy atom. The lowest BCUT2D eigenvalue weighted by molar-refractivity contribution is -0.137. The first-order chi connectivity index (χ1) is 11.8. The summed E-state index contributed by atoms with van der Waals surface area (Å²) in [6.07, 6.45) is -1.65. The summed E-state index contributed by atoms with van der Waals surface area (Å²) in [6, 6.07) is 0. The highest BCUT2D eigenvalue weighted by Gasteiger charge is 2.62. The third kappa shape index (κ3) is 2.51. The van der Waals surface area contributed by atoms with Gasteiger partial charge in [0.2, 0.25) is 11.8 Å². The van der Waals surface area contributed by atoms with Crippen LogP contribution in [0, 0.1) is 0 Å². The van der Waals surface area contributed by atoms with Crippen molar-refractivity contribution in [2.24, 2.45) is 0 Å². The molecule has 1 unspecified atom stereocenters. The molecular formula is C14H20FN5O5. The van der Waals surface area contributed by atoms with E-state index in [0.717, 1.165) is 0 Å². The summed E-state index contributed by atoms with van der Waals surface area (Å²) >= 11 is 0. The van der Waals surface area contributed by atoms with E-state index in [1.54, 1.807) is 6.92 Å². The molecule has 10 nitrogen and oxygen atoms in total. The van der Waals surface area contributed by atoms with Crippen molar-refractivity contribution in [1.82, 2.24) is 19.5 Å². The Labute approximate surface area is 142 Å². The molecule has 1 saturated heterocycles. The Balaban J connectivity index is 2.13. The Hall–Kier alpha value is -2.08. The van der Waals surface area contributed by atoms with Gasteiger partial charge < -0.3 is 30.5 Å². The number of rotatable bonds is 5. The van der Waals surface area contributed by atoms with E-state index in [4.69, 9.17) is 15.2 Å². The van der Waals surface area contributed by atoms with Gasteiger partial charge in [-0.2, -0.15) is 9.97 Å². The van der Waals surface area contributed by atoms with Crippen molar-refractivity contribution in [3.8, 4) is 5.88 Å². The van der Waals surface area contributed by atoms with Crippen molar-refractivity contribution in [3.63, 3.8) is 0 Å². The SMILES string of the molecule is CCOc1nc(N)nc2c1ncn2[C@@H]1O[C@@](CO)(CF)C(O)[C@@]1(C)O. The lowest BCUT2D eigenvalue weighted by Crippen LogP contribution is -2.52. The number of halogens is 1. The van der Waals surface area contributed by atoms with Gasteiger partial charge in [0.1, 0.15) is 18.4 Å². The summed E-state index contributed by atoms with van der Waals surface area (Å²) in [7, 11) is 0. The van der Waals surface area contributed by atoms with Crippen molar-refractivity contribution in [3.05, 3.63) is 6.33 Å². The zero-order valence-corrected chi connectivity index (χ0v) is 13.8. The van der Waals surface area contributed by atoms with Crippen LogP contribution in [0.15, 0.2) is 6.33 Å². The second-order valence-electron chi connectivity index (χ2n) is 6.10. The number of nitrogens with zero attached hydrogens (tertiary/aromatic N) is 4. The standard InChI is InChI=1S/C14H20FN5O5/c1-3-24-9-7-8(18-12(16)19-9)20(6-17-7)11-13(2,23)10(22)14(4-15,5-21)25-11/h6,10-11,21-23H,3-5H2,1-2H3,(H2,16,18,19)/t10?,11-,13-,14-/m1/s1. The van der Waals surface area contributed by atoms with Crippen molar-refractivity contribution < 1.29 is 29.2 Å². The third-order valence-electron chi connectivity index (χ3n) is 4.33. The van der Waals surface area contributed by atoms with Crippen LogP contribution in [0.5, 0.6) is 5.88 Å². The second kappa shape index (κ2) is 6.02. The lowest BCUT2D eigenvalue weighted by Gasteiger charge is -2.29. The minimum absolute atomic E-state index is 0.0881. The van der Waals surface area contributed by atoms with Crippen LogP contribution >= 0.6 is 0 Å². The van der Waals surface area contributed by atoms with Gasteiger partial charge in [-0.1, -0.05) is 0 Å². The van der Waals surface area contributed by atoms with Gasteiger partial charge in [-0.25, -0.2) is 9.37 Å². The van der Waals surface area contributed by atoms with Gasteiger partial charge in [0, 0.05) is 0 Å². The molecule has 3 heterocycles. The monoisotopic (exact) mass is 357 g/mol. The first-order valence-electron chi connectivity index (χ1n) is 7.68. The molecule has 0 bridgehead atoms. The summed E-state index contributed by atoms with van der Waals surface area (Å²) in [5.41, 5.74) is 2.26. The summed E-state index contributed by atoms with van der Waals surface area (Å²) in [5.74, 6) is 0.0654. The summed E-state index contributed by atoms with van der Waals surface area (Å²) in [6.45, 7) is 1.36. The van der Waals surface area contributed by atoms with E-state index in [0.29, 0.717) is 6.61 Å². The van der Waals surface area contributed by atoms with Crippen LogP contribution in [0.4, 0.5) is 10.3 Å². The zero-order chi connectivity index (χ0) is 18.4. The number of nitrogen functional groups attached to an aromatic ring is 1. The molecule has 0 amide bonds. The number of nitrogens with two attached hydrogens (primary N) is 1. The molecule has 1 aliphatic heterocycles. The topological polar surface area (TPSA) is 149 Å². The van der Waals surface area contributed by atoms with Gasteiger partial charge in [-0.3, -0.25) is 4.57 Å². The van der Waals surface area contributed by atoms with E-state index in [1.807, 2.05) is 0 Å². The highest BCUT2D eigenvalue weighted by molar-refractivity contribution is 5.77. The smallest absolute Gasteiger partial charge is 0.247 e. The Kier molecular flexibility index (Phi) is 4.27. The summed E-state index contributed by atoms with van der Waals surface area (Å²) < 4.78 is 25.7. The number of hydrogen-bond acceptors (Lipinski definition) is 9. The van der Waals surface area contributed by atoms with E-state index >= 15 is 0 Å².